The van der Waals surface area contributed by atoms with Crippen LogP contribution >= 0.6 is 0 Å². The maximum Gasteiger partial charge on any atom is 0.411 e. The number of alkyl halides is 3. The van der Waals surface area contributed by atoms with Gasteiger partial charge in [-0.25, -0.2) is 8.78 Å². The van der Waals surface area contributed by atoms with Gasteiger partial charge in [0.2, 0.25) is 0 Å². The van der Waals surface area contributed by atoms with Crippen LogP contribution in [0.5, 0.6) is 0 Å². The first-order chi connectivity index (χ1) is 9.33. The first-order valence-corrected chi connectivity index (χ1v) is 6.08. The Kier molecular flexibility index (Phi) is 6.35. The summed E-state index contributed by atoms with van der Waals surface area (Å²) in [4.78, 5) is 0. The van der Waals surface area contributed by atoms with E-state index < -0.39 is 24.4 Å². The fraction of sp³-hybridized carbons (Fsp3) is 0.538. The molecule has 1 N–H and O–H groups in total. The smallest absolute Gasteiger partial charge is 0.372 e. The first kappa shape index (κ1) is 16.8. The molecule has 114 valence electrons. The standard InChI is InChI=1S/C13H16F5NO/c1-19-9(5-6-20-8-13(16,17)18)7-10-11(14)3-2-4-12(10)15/h2-4,9,19H,5-8H2,1H3. The third-order valence-corrected chi connectivity index (χ3v) is 2.80. The normalized spacial score (nSPS) is 13.5. The molecule has 0 aliphatic carbocycles. The van der Waals surface area contributed by atoms with Crippen molar-refractivity contribution < 1.29 is 26.7 Å². The van der Waals surface area contributed by atoms with Gasteiger partial charge in [0.25, 0.3) is 0 Å². The molecule has 0 spiro atoms. The molecular weight excluding hydrogens is 281 g/mol. The molecule has 0 bridgehead atoms. The van der Waals surface area contributed by atoms with Crippen LogP contribution in [0.2, 0.25) is 0 Å². The Labute approximate surface area is 113 Å². The van der Waals surface area contributed by atoms with Crippen molar-refractivity contribution in [3.05, 3.63) is 35.4 Å². The number of halogens is 5. The summed E-state index contributed by atoms with van der Waals surface area (Å²) in [5, 5.41) is 2.81. The molecule has 0 amide bonds. The summed E-state index contributed by atoms with van der Waals surface area (Å²) in [5.41, 5.74) is -0.0809. The Morgan fingerprint density at radius 1 is 1.20 bits per heavy atom. The van der Waals surface area contributed by atoms with Gasteiger partial charge >= 0.3 is 6.18 Å². The summed E-state index contributed by atoms with van der Waals surface area (Å²) >= 11 is 0. The van der Waals surface area contributed by atoms with E-state index in [1.165, 1.54) is 6.07 Å². The lowest BCUT2D eigenvalue weighted by molar-refractivity contribution is -0.174. The highest BCUT2D eigenvalue weighted by Crippen LogP contribution is 2.17. The third kappa shape index (κ3) is 5.83. The van der Waals surface area contributed by atoms with Gasteiger partial charge in [0.15, 0.2) is 0 Å². The van der Waals surface area contributed by atoms with Gasteiger partial charge in [0, 0.05) is 18.2 Å². The minimum atomic E-state index is -4.37. The molecule has 0 aliphatic rings. The van der Waals surface area contributed by atoms with Crippen molar-refractivity contribution >= 4 is 0 Å². The van der Waals surface area contributed by atoms with E-state index in [1.807, 2.05) is 0 Å². The number of hydrogen-bond acceptors (Lipinski definition) is 2. The third-order valence-electron chi connectivity index (χ3n) is 2.80. The summed E-state index contributed by atoms with van der Waals surface area (Å²) in [5.74, 6) is -1.33. The Balaban J connectivity index is 2.47. The van der Waals surface area contributed by atoms with Crippen molar-refractivity contribution in [1.29, 1.82) is 0 Å². The molecule has 1 rings (SSSR count). The van der Waals surface area contributed by atoms with Gasteiger partial charge in [-0.2, -0.15) is 13.2 Å². The molecule has 0 fully saturated rings. The number of likely N-dealkylation sites (N-methyl/N-ethyl adjacent to an activating group) is 1. The molecule has 0 saturated carbocycles. The van der Waals surface area contributed by atoms with Crippen molar-refractivity contribution in [2.45, 2.75) is 25.1 Å². The largest absolute Gasteiger partial charge is 0.411 e. The van der Waals surface area contributed by atoms with Gasteiger partial charge in [-0.3, -0.25) is 0 Å². The molecular formula is C13H16F5NO. The number of ether oxygens (including phenoxy) is 1. The zero-order valence-electron chi connectivity index (χ0n) is 10.9. The van der Waals surface area contributed by atoms with Crippen LogP contribution in [0.1, 0.15) is 12.0 Å². The molecule has 2 nitrogen and oxygen atoms in total. The Morgan fingerprint density at radius 3 is 2.30 bits per heavy atom. The molecule has 0 heterocycles. The summed E-state index contributed by atoms with van der Waals surface area (Å²) in [6.07, 6.45) is -4.10. The minimum Gasteiger partial charge on any atom is -0.372 e. The molecule has 20 heavy (non-hydrogen) atoms. The van der Waals surface area contributed by atoms with Gasteiger partial charge in [-0.05, 0) is 32.0 Å². The van der Waals surface area contributed by atoms with Crippen LogP contribution in [-0.4, -0.2) is 32.5 Å². The summed E-state index contributed by atoms with van der Waals surface area (Å²) in [6.45, 7) is -1.46. The van der Waals surface area contributed by atoms with Crippen LogP contribution in [-0.2, 0) is 11.2 Å². The van der Waals surface area contributed by atoms with Crippen molar-refractivity contribution in [3.8, 4) is 0 Å². The second-order valence-corrected chi connectivity index (χ2v) is 4.35. The van der Waals surface area contributed by atoms with Crippen molar-refractivity contribution in [2.75, 3.05) is 20.3 Å². The van der Waals surface area contributed by atoms with Crippen LogP contribution in [0.25, 0.3) is 0 Å². The molecule has 0 aliphatic heterocycles. The van der Waals surface area contributed by atoms with Crippen LogP contribution in [0, 0.1) is 11.6 Å². The lowest BCUT2D eigenvalue weighted by Crippen LogP contribution is -2.30. The van der Waals surface area contributed by atoms with E-state index in [2.05, 4.69) is 10.1 Å². The quantitative estimate of drug-likeness (QED) is 0.617. The summed E-state index contributed by atoms with van der Waals surface area (Å²) in [7, 11) is 1.58. The average Bonchev–Trinajstić information content (AvgIpc) is 2.35. The fourth-order valence-corrected chi connectivity index (χ4v) is 1.74. The Hall–Kier alpha value is -1.21. The average molecular weight is 297 g/mol. The molecule has 1 aromatic rings. The highest BCUT2D eigenvalue weighted by molar-refractivity contribution is 5.20. The van der Waals surface area contributed by atoms with Crippen molar-refractivity contribution in [1.82, 2.24) is 5.32 Å². The molecule has 1 aromatic carbocycles. The van der Waals surface area contributed by atoms with E-state index in [9.17, 15) is 22.0 Å². The van der Waals surface area contributed by atoms with Gasteiger partial charge in [-0.1, -0.05) is 6.07 Å². The lowest BCUT2D eigenvalue weighted by Gasteiger charge is -2.17. The molecule has 0 radical (unpaired) electrons. The Bertz CT molecular complexity index is 401. The zero-order valence-corrected chi connectivity index (χ0v) is 10.9. The predicted molar refractivity (Wildman–Crippen MR) is 64.4 cm³/mol. The van der Waals surface area contributed by atoms with Gasteiger partial charge in [0.1, 0.15) is 18.2 Å². The van der Waals surface area contributed by atoms with Gasteiger partial charge in [-0.15, -0.1) is 0 Å². The van der Waals surface area contributed by atoms with Gasteiger partial charge < -0.3 is 10.1 Å². The number of hydrogen-bond donors (Lipinski definition) is 1. The van der Waals surface area contributed by atoms with E-state index >= 15 is 0 Å². The molecule has 7 heteroatoms. The zero-order chi connectivity index (χ0) is 15.2. The second-order valence-electron chi connectivity index (χ2n) is 4.35. The van der Waals surface area contributed by atoms with Crippen LogP contribution in [0.3, 0.4) is 0 Å². The van der Waals surface area contributed by atoms with Crippen LogP contribution in [0.15, 0.2) is 18.2 Å². The van der Waals surface area contributed by atoms with E-state index in [0.717, 1.165) is 12.1 Å². The maximum atomic E-state index is 13.4. The van der Waals surface area contributed by atoms with E-state index in [-0.39, 0.29) is 31.1 Å². The summed E-state index contributed by atoms with van der Waals surface area (Å²) in [6, 6.07) is 3.18. The van der Waals surface area contributed by atoms with E-state index in [0.29, 0.717) is 0 Å². The molecule has 0 aromatic heterocycles. The molecule has 1 unspecified atom stereocenters. The second kappa shape index (κ2) is 7.54. The Morgan fingerprint density at radius 2 is 1.80 bits per heavy atom. The predicted octanol–water partition coefficient (Wildman–Crippen LogP) is 3.06. The highest BCUT2D eigenvalue weighted by atomic mass is 19.4. The van der Waals surface area contributed by atoms with Crippen LogP contribution < -0.4 is 5.32 Å². The lowest BCUT2D eigenvalue weighted by atomic mass is 10.0. The number of benzene rings is 1. The van der Waals surface area contributed by atoms with Crippen molar-refractivity contribution in [2.24, 2.45) is 0 Å². The van der Waals surface area contributed by atoms with Crippen LogP contribution in [0.4, 0.5) is 22.0 Å². The topological polar surface area (TPSA) is 21.3 Å². The molecule has 1 atom stereocenters. The summed E-state index contributed by atoms with van der Waals surface area (Å²) < 4.78 is 67.0. The highest BCUT2D eigenvalue weighted by Gasteiger charge is 2.27. The monoisotopic (exact) mass is 297 g/mol. The SMILES string of the molecule is CNC(CCOCC(F)(F)F)Cc1c(F)cccc1F. The van der Waals surface area contributed by atoms with Gasteiger partial charge in [0.05, 0.1) is 0 Å². The number of rotatable bonds is 7. The maximum absolute atomic E-state index is 13.4. The van der Waals surface area contributed by atoms with E-state index in [1.54, 1.807) is 7.05 Å². The van der Waals surface area contributed by atoms with Crippen molar-refractivity contribution in [3.63, 3.8) is 0 Å². The fourth-order valence-electron chi connectivity index (χ4n) is 1.74. The van der Waals surface area contributed by atoms with E-state index in [4.69, 9.17) is 0 Å². The number of nitrogens with one attached hydrogen (secondary N) is 1. The molecule has 0 saturated heterocycles. The minimum absolute atomic E-state index is 0.0460. The first-order valence-electron chi connectivity index (χ1n) is 6.08.